The minimum Gasteiger partial charge on any atom is -0.276 e. The zero-order valence-corrected chi connectivity index (χ0v) is 10.2. The molecule has 0 bridgehead atoms. The lowest BCUT2D eigenvalue weighted by Gasteiger charge is -2.30. The molecule has 19 heavy (non-hydrogen) atoms. The number of urea groups is 1. The Kier molecular flexibility index (Phi) is 2.26. The SMILES string of the molecule is Cc1ccc(N2C(=O)NC(=O)C3(CC3)C2=O)c(F)c1. The fraction of sp³-hybridized carbons (Fsp3) is 0.308. The van der Waals surface area contributed by atoms with Gasteiger partial charge in [-0.25, -0.2) is 14.1 Å². The van der Waals surface area contributed by atoms with Gasteiger partial charge < -0.3 is 0 Å². The molecule has 2 aliphatic rings. The van der Waals surface area contributed by atoms with Gasteiger partial charge in [0.25, 0.3) is 5.91 Å². The molecule has 1 aliphatic carbocycles. The zero-order chi connectivity index (χ0) is 13.8. The fourth-order valence-corrected chi connectivity index (χ4v) is 2.25. The first-order chi connectivity index (χ1) is 8.95. The second kappa shape index (κ2) is 3.63. The molecule has 0 unspecified atom stereocenters. The van der Waals surface area contributed by atoms with Crippen molar-refractivity contribution in [1.29, 1.82) is 0 Å². The van der Waals surface area contributed by atoms with Gasteiger partial charge in [-0.2, -0.15) is 0 Å². The molecule has 1 aromatic carbocycles. The van der Waals surface area contributed by atoms with E-state index in [1.165, 1.54) is 12.1 Å². The number of halogens is 1. The lowest BCUT2D eigenvalue weighted by Crippen LogP contribution is -2.59. The number of hydrogen-bond donors (Lipinski definition) is 1. The molecule has 3 rings (SSSR count). The van der Waals surface area contributed by atoms with E-state index in [9.17, 15) is 18.8 Å². The van der Waals surface area contributed by atoms with E-state index in [4.69, 9.17) is 0 Å². The normalized spacial score (nSPS) is 20.7. The van der Waals surface area contributed by atoms with Gasteiger partial charge in [-0.05, 0) is 37.5 Å². The maximum absolute atomic E-state index is 13.9. The Labute approximate surface area is 108 Å². The van der Waals surface area contributed by atoms with Gasteiger partial charge in [-0.3, -0.25) is 14.9 Å². The summed E-state index contributed by atoms with van der Waals surface area (Å²) in [6.45, 7) is 1.71. The molecule has 2 fully saturated rings. The van der Waals surface area contributed by atoms with Crippen LogP contribution in [0.15, 0.2) is 18.2 Å². The third kappa shape index (κ3) is 1.56. The van der Waals surface area contributed by atoms with Crippen molar-refractivity contribution in [3.8, 4) is 0 Å². The number of nitrogens with zero attached hydrogens (tertiary/aromatic N) is 1. The maximum atomic E-state index is 13.9. The second-order valence-corrected chi connectivity index (χ2v) is 4.94. The number of anilines is 1. The van der Waals surface area contributed by atoms with Crippen molar-refractivity contribution in [2.75, 3.05) is 4.90 Å². The number of carbonyl (C=O) groups is 3. The van der Waals surface area contributed by atoms with Crippen molar-refractivity contribution in [1.82, 2.24) is 5.32 Å². The standard InChI is InChI=1S/C13H11FN2O3/c1-7-2-3-9(8(14)6-7)16-11(18)13(4-5-13)10(17)15-12(16)19/h2-3,6H,4-5H2,1H3,(H,15,17,19). The molecule has 1 heterocycles. The molecule has 0 aromatic heterocycles. The summed E-state index contributed by atoms with van der Waals surface area (Å²) in [6.07, 6.45) is 0.795. The smallest absolute Gasteiger partial charge is 0.276 e. The summed E-state index contributed by atoms with van der Waals surface area (Å²) >= 11 is 0. The number of amides is 4. The highest BCUT2D eigenvalue weighted by Crippen LogP contribution is 2.49. The van der Waals surface area contributed by atoms with Crippen LogP contribution >= 0.6 is 0 Å². The van der Waals surface area contributed by atoms with Gasteiger partial charge in [0, 0.05) is 0 Å². The molecule has 6 heteroatoms. The number of nitrogens with one attached hydrogen (secondary N) is 1. The van der Waals surface area contributed by atoms with E-state index in [1.54, 1.807) is 13.0 Å². The summed E-state index contributed by atoms with van der Waals surface area (Å²) in [5.74, 6) is -1.87. The predicted octanol–water partition coefficient (Wildman–Crippen LogP) is 1.50. The average Bonchev–Trinajstić information content (AvgIpc) is 3.11. The van der Waals surface area contributed by atoms with Crippen LogP contribution in [0.3, 0.4) is 0 Å². The van der Waals surface area contributed by atoms with E-state index < -0.39 is 29.1 Å². The first-order valence-corrected chi connectivity index (χ1v) is 5.92. The van der Waals surface area contributed by atoms with Crippen molar-refractivity contribution in [2.24, 2.45) is 5.41 Å². The number of hydrogen-bond acceptors (Lipinski definition) is 3. The van der Waals surface area contributed by atoms with E-state index in [0.29, 0.717) is 18.4 Å². The molecular weight excluding hydrogens is 251 g/mol. The van der Waals surface area contributed by atoms with Crippen LogP contribution in [0.1, 0.15) is 18.4 Å². The van der Waals surface area contributed by atoms with Crippen LogP contribution < -0.4 is 10.2 Å². The number of imide groups is 2. The minimum absolute atomic E-state index is 0.119. The van der Waals surface area contributed by atoms with Gasteiger partial charge in [0.15, 0.2) is 0 Å². The minimum atomic E-state index is -1.16. The highest BCUT2D eigenvalue weighted by molar-refractivity contribution is 6.31. The van der Waals surface area contributed by atoms with Gasteiger partial charge in [0.05, 0.1) is 5.69 Å². The first-order valence-electron chi connectivity index (χ1n) is 5.92. The van der Waals surface area contributed by atoms with Crippen molar-refractivity contribution in [3.63, 3.8) is 0 Å². The largest absolute Gasteiger partial charge is 0.335 e. The number of aryl methyl sites for hydroxylation is 1. The number of carbonyl (C=O) groups excluding carboxylic acids is 3. The van der Waals surface area contributed by atoms with Crippen molar-refractivity contribution in [3.05, 3.63) is 29.6 Å². The Balaban J connectivity index is 2.06. The van der Waals surface area contributed by atoms with Crippen LogP contribution in [0, 0.1) is 18.2 Å². The summed E-state index contributed by atoms with van der Waals surface area (Å²) in [7, 11) is 0. The third-order valence-corrected chi connectivity index (χ3v) is 3.56. The van der Waals surface area contributed by atoms with E-state index in [-0.39, 0.29) is 5.69 Å². The monoisotopic (exact) mass is 262 g/mol. The molecule has 4 amide bonds. The quantitative estimate of drug-likeness (QED) is 0.780. The molecule has 1 aromatic rings. The van der Waals surface area contributed by atoms with Crippen LogP contribution in [0.2, 0.25) is 0 Å². The highest BCUT2D eigenvalue weighted by Gasteiger charge is 2.62. The van der Waals surface area contributed by atoms with Gasteiger partial charge in [0.2, 0.25) is 5.91 Å². The molecular formula is C13H11FN2O3. The summed E-state index contributed by atoms with van der Waals surface area (Å²) in [5, 5.41) is 2.11. The molecule has 1 spiro atoms. The lowest BCUT2D eigenvalue weighted by molar-refractivity contribution is -0.136. The Morgan fingerprint density at radius 2 is 1.95 bits per heavy atom. The van der Waals surface area contributed by atoms with Gasteiger partial charge >= 0.3 is 6.03 Å². The Morgan fingerprint density at radius 1 is 1.26 bits per heavy atom. The second-order valence-electron chi connectivity index (χ2n) is 4.94. The molecule has 98 valence electrons. The average molecular weight is 262 g/mol. The fourth-order valence-electron chi connectivity index (χ4n) is 2.25. The first kappa shape index (κ1) is 11.8. The van der Waals surface area contributed by atoms with Crippen LogP contribution in [0.25, 0.3) is 0 Å². The molecule has 0 radical (unpaired) electrons. The number of benzene rings is 1. The Morgan fingerprint density at radius 3 is 2.53 bits per heavy atom. The predicted molar refractivity (Wildman–Crippen MR) is 63.8 cm³/mol. The molecule has 1 saturated heterocycles. The topological polar surface area (TPSA) is 66.5 Å². The summed E-state index contributed by atoms with van der Waals surface area (Å²) in [5.41, 5.74) is -0.596. The van der Waals surface area contributed by atoms with Gasteiger partial charge in [-0.15, -0.1) is 0 Å². The molecule has 1 aliphatic heterocycles. The summed E-state index contributed by atoms with van der Waals surface area (Å²) < 4.78 is 13.9. The van der Waals surface area contributed by atoms with Crippen molar-refractivity contribution >= 4 is 23.5 Å². The molecule has 1 saturated carbocycles. The van der Waals surface area contributed by atoms with E-state index in [2.05, 4.69) is 5.32 Å². The van der Waals surface area contributed by atoms with Crippen molar-refractivity contribution < 1.29 is 18.8 Å². The summed E-state index contributed by atoms with van der Waals surface area (Å²) in [4.78, 5) is 36.4. The highest BCUT2D eigenvalue weighted by atomic mass is 19.1. The van der Waals surface area contributed by atoms with E-state index in [1.807, 2.05) is 0 Å². The van der Waals surface area contributed by atoms with Gasteiger partial charge in [0.1, 0.15) is 11.2 Å². The Bertz CT molecular complexity index is 622. The number of barbiturate groups is 1. The summed E-state index contributed by atoms with van der Waals surface area (Å²) in [6, 6.07) is 3.32. The van der Waals surface area contributed by atoms with E-state index in [0.717, 1.165) is 4.90 Å². The third-order valence-electron chi connectivity index (χ3n) is 3.56. The van der Waals surface area contributed by atoms with Crippen LogP contribution in [-0.2, 0) is 9.59 Å². The van der Waals surface area contributed by atoms with Gasteiger partial charge in [-0.1, -0.05) is 6.07 Å². The van der Waals surface area contributed by atoms with Crippen LogP contribution in [0.5, 0.6) is 0 Å². The van der Waals surface area contributed by atoms with E-state index >= 15 is 0 Å². The Hall–Kier alpha value is -2.24. The number of rotatable bonds is 1. The van der Waals surface area contributed by atoms with Crippen molar-refractivity contribution in [2.45, 2.75) is 19.8 Å². The lowest BCUT2D eigenvalue weighted by atomic mass is 10.0. The molecule has 1 N–H and O–H groups in total. The van der Waals surface area contributed by atoms with Crippen LogP contribution in [-0.4, -0.2) is 17.8 Å². The molecule has 0 atom stereocenters. The molecule has 5 nitrogen and oxygen atoms in total. The van der Waals surface area contributed by atoms with Crippen LogP contribution in [0.4, 0.5) is 14.9 Å². The maximum Gasteiger partial charge on any atom is 0.335 e. The zero-order valence-electron chi connectivity index (χ0n) is 10.2.